The summed E-state index contributed by atoms with van der Waals surface area (Å²) in [5, 5.41) is 49.5. The summed E-state index contributed by atoms with van der Waals surface area (Å²) in [6.45, 7) is 8.94. The highest BCUT2D eigenvalue weighted by atomic mass is 16.7. The van der Waals surface area contributed by atoms with Gasteiger partial charge in [0.2, 0.25) is 0 Å². The smallest absolute Gasteiger partial charge is 0.186 e. The molecular weight excluding hydrogens is 412 g/mol. The van der Waals surface area contributed by atoms with Crippen LogP contribution in [0.5, 0.6) is 0 Å². The number of hydrogen-bond acceptors (Lipinski definition) is 7. The fraction of sp³-hybridized carbons (Fsp3) is 0.920. The molecule has 0 radical (unpaired) electrons. The molecule has 7 heteroatoms. The van der Waals surface area contributed by atoms with Crippen LogP contribution in [-0.4, -0.2) is 75.6 Å². The van der Waals surface area contributed by atoms with Gasteiger partial charge in [0.15, 0.2) is 6.29 Å². The Bertz CT molecular complexity index is 665. The van der Waals surface area contributed by atoms with E-state index in [9.17, 15) is 25.5 Å². The van der Waals surface area contributed by atoms with Gasteiger partial charge in [0, 0.05) is 0 Å². The lowest BCUT2D eigenvalue weighted by atomic mass is 9.45. The molecule has 1 heterocycles. The summed E-state index contributed by atoms with van der Waals surface area (Å²) < 4.78 is 12.1. The molecule has 3 fully saturated rings. The zero-order chi connectivity index (χ0) is 23.7. The number of ether oxygens (including phenoxy) is 2. The average Bonchev–Trinajstić information content (AvgIpc) is 2.72. The van der Waals surface area contributed by atoms with Crippen molar-refractivity contribution in [1.82, 2.24) is 0 Å². The van der Waals surface area contributed by atoms with E-state index in [0.29, 0.717) is 12.3 Å². The van der Waals surface area contributed by atoms with Crippen LogP contribution in [0.2, 0.25) is 0 Å². The second-order valence-electron chi connectivity index (χ2n) is 11.4. The molecule has 2 saturated carbocycles. The molecule has 1 aliphatic heterocycles. The molecule has 2 aliphatic carbocycles. The quantitative estimate of drug-likeness (QED) is 0.294. The zero-order valence-corrected chi connectivity index (χ0v) is 20.2. The fourth-order valence-electron chi connectivity index (χ4n) is 7.24. The van der Waals surface area contributed by atoms with Crippen molar-refractivity contribution in [2.24, 2.45) is 22.7 Å². The van der Waals surface area contributed by atoms with Gasteiger partial charge in [0.05, 0.1) is 25.4 Å². The van der Waals surface area contributed by atoms with E-state index in [4.69, 9.17) is 9.47 Å². The van der Waals surface area contributed by atoms with Gasteiger partial charge in [-0.1, -0.05) is 33.3 Å². The van der Waals surface area contributed by atoms with Gasteiger partial charge in [-0.15, -0.1) is 0 Å². The highest BCUT2D eigenvalue weighted by Gasteiger charge is 2.59. The minimum absolute atomic E-state index is 0.0201. The van der Waals surface area contributed by atoms with Crippen molar-refractivity contribution >= 4 is 0 Å². The summed E-state index contributed by atoms with van der Waals surface area (Å²) in [6.07, 6.45) is 3.68. The number of fused-ring (bicyclic) bond motifs is 1. The lowest BCUT2D eigenvalue weighted by Gasteiger charge is -2.63. The van der Waals surface area contributed by atoms with Crippen molar-refractivity contribution in [3.05, 3.63) is 11.6 Å². The maximum atomic E-state index is 10.5. The summed E-state index contributed by atoms with van der Waals surface area (Å²) in [6, 6.07) is 0. The van der Waals surface area contributed by atoms with Crippen molar-refractivity contribution in [3.63, 3.8) is 0 Å². The molecule has 0 aromatic heterocycles. The van der Waals surface area contributed by atoms with E-state index in [1.165, 1.54) is 6.42 Å². The number of hydrogen-bond donors (Lipinski definition) is 5. The molecule has 8 atom stereocenters. The van der Waals surface area contributed by atoms with Gasteiger partial charge in [-0.3, -0.25) is 0 Å². The maximum absolute atomic E-state index is 10.5. The largest absolute Gasteiger partial charge is 0.392 e. The molecule has 5 N–H and O–H groups in total. The molecule has 0 bridgehead atoms. The molecule has 0 amide bonds. The molecule has 3 rings (SSSR count). The Morgan fingerprint density at radius 2 is 1.75 bits per heavy atom. The predicted octanol–water partition coefficient (Wildman–Crippen LogP) is 2.13. The number of aliphatic hydroxyl groups is 5. The van der Waals surface area contributed by atoms with Crippen molar-refractivity contribution < 1.29 is 35.0 Å². The second-order valence-corrected chi connectivity index (χ2v) is 11.4. The normalized spacial score (nSPS) is 44.8. The summed E-state index contributed by atoms with van der Waals surface area (Å²) >= 11 is 0. The van der Waals surface area contributed by atoms with Gasteiger partial charge in [0.1, 0.15) is 18.3 Å². The Morgan fingerprint density at radius 3 is 2.41 bits per heavy atom. The third-order valence-corrected chi connectivity index (χ3v) is 8.92. The summed E-state index contributed by atoms with van der Waals surface area (Å²) in [4.78, 5) is 0. The van der Waals surface area contributed by atoms with Gasteiger partial charge in [-0.25, -0.2) is 0 Å². The minimum Gasteiger partial charge on any atom is -0.392 e. The van der Waals surface area contributed by atoms with E-state index in [-0.39, 0.29) is 36.6 Å². The molecule has 0 aromatic carbocycles. The van der Waals surface area contributed by atoms with E-state index < -0.39 is 30.2 Å². The molecule has 3 aliphatic rings. The highest BCUT2D eigenvalue weighted by molar-refractivity contribution is 5.10. The average molecular weight is 457 g/mol. The lowest BCUT2D eigenvalue weighted by Crippen LogP contribution is -2.62. The van der Waals surface area contributed by atoms with Crippen LogP contribution in [0.15, 0.2) is 11.6 Å². The van der Waals surface area contributed by atoms with Crippen LogP contribution in [0.3, 0.4) is 0 Å². The zero-order valence-electron chi connectivity index (χ0n) is 20.2. The first-order chi connectivity index (χ1) is 15.0. The third kappa shape index (κ3) is 4.95. The van der Waals surface area contributed by atoms with Crippen molar-refractivity contribution in [1.29, 1.82) is 0 Å². The molecule has 186 valence electrons. The lowest BCUT2D eigenvalue weighted by molar-refractivity contribution is -0.323. The molecule has 8 unspecified atom stereocenters. The van der Waals surface area contributed by atoms with Crippen LogP contribution in [0.25, 0.3) is 0 Å². The Hall–Kier alpha value is -0.540. The predicted molar refractivity (Wildman–Crippen MR) is 121 cm³/mol. The van der Waals surface area contributed by atoms with Crippen LogP contribution < -0.4 is 0 Å². The van der Waals surface area contributed by atoms with Crippen molar-refractivity contribution in [3.8, 4) is 0 Å². The molecule has 7 nitrogen and oxygen atoms in total. The fourth-order valence-corrected chi connectivity index (χ4v) is 7.24. The minimum atomic E-state index is -1.31. The van der Waals surface area contributed by atoms with E-state index >= 15 is 0 Å². The molecule has 0 aromatic rings. The Kier molecular flexibility index (Phi) is 8.13. The van der Waals surface area contributed by atoms with Gasteiger partial charge in [-0.05, 0) is 73.7 Å². The van der Waals surface area contributed by atoms with Gasteiger partial charge < -0.3 is 35.0 Å². The first-order valence-corrected chi connectivity index (χ1v) is 12.2. The van der Waals surface area contributed by atoms with E-state index in [0.717, 1.165) is 37.7 Å². The number of rotatable bonds is 7. The van der Waals surface area contributed by atoms with E-state index in [1.54, 1.807) is 6.08 Å². The van der Waals surface area contributed by atoms with Gasteiger partial charge in [0.25, 0.3) is 0 Å². The molecule has 1 saturated heterocycles. The highest BCUT2D eigenvalue weighted by Crippen LogP contribution is 2.64. The van der Waals surface area contributed by atoms with E-state index in [1.807, 2.05) is 0 Å². The van der Waals surface area contributed by atoms with E-state index in [2.05, 4.69) is 27.7 Å². The SMILES string of the molecule is CC1(C)CCCC2(C)C1CCC(C)(OC1OCC(O)C(O)C1O)C2CCC(=CCO)CO. The third-order valence-electron chi connectivity index (χ3n) is 8.92. The van der Waals surface area contributed by atoms with Crippen LogP contribution in [-0.2, 0) is 9.47 Å². The second kappa shape index (κ2) is 9.98. The van der Waals surface area contributed by atoms with Gasteiger partial charge >= 0.3 is 0 Å². The van der Waals surface area contributed by atoms with Crippen LogP contribution in [0.1, 0.15) is 72.6 Å². The Morgan fingerprint density at radius 1 is 1.03 bits per heavy atom. The monoisotopic (exact) mass is 456 g/mol. The van der Waals surface area contributed by atoms with Crippen LogP contribution >= 0.6 is 0 Å². The Balaban J connectivity index is 1.90. The first kappa shape index (κ1) is 26.1. The molecule has 32 heavy (non-hydrogen) atoms. The molecular formula is C25H44O7. The van der Waals surface area contributed by atoms with Crippen LogP contribution in [0.4, 0.5) is 0 Å². The summed E-state index contributed by atoms with van der Waals surface area (Å²) in [5.74, 6) is 0.677. The van der Waals surface area contributed by atoms with Crippen molar-refractivity contribution in [2.75, 3.05) is 19.8 Å². The summed E-state index contributed by atoms with van der Waals surface area (Å²) in [7, 11) is 0. The first-order valence-electron chi connectivity index (χ1n) is 12.2. The van der Waals surface area contributed by atoms with Gasteiger partial charge in [-0.2, -0.15) is 0 Å². The van der Waals surface area contributed by atoms with Crippen LogP contribution in [0, 0.1) is 22.7 Å². The van der Waals surface area contributed by atoms with Crippen molar-refractivity contribution in [2.45, 2.75) is 103 Å². The Labute approximate surface area is 192 Å². The standard InChI is InChI=1S/C25H44O7/c1-23(2)10-5-11-24(3)18(23)8-12-25(4,19(24)7-6-16(14-27)9-13-26)32-22-21(30)20(29)17(28)15-31-22/h9,17-22,26-30H,5-8,10-15H2,1-4H3. The summed E-state index contributed by atoms with van der Waals surface area (Å²) in [5.41, 5.74) is 0.482. The molecule has 0 spiro atoms. The number of aliphatic hydroxyl groups excluding tert-OH is 5. The topological polar surface area (TPSA) is 120 Å². The maximum Gasteiger partial charge on any atom is 0.186 e.